The Morgan fingerprint density at radius 3 is 1.92 bits per heavy atom. The molecule has 0 aliphatic rings. The number of rotatable bonds is 7. The molecule has 0 radical (unpaired) electrons. The highest BCUT2D eigenvalue weighted by Gasteiger charge is 2.20. The highest BCUT2D eigenvalue weighted by atomic mass is 31.2. The van der Waals surface area contributed by atoms with Crippen molar-refractivity contribution < 1.29 is 9.09 Å². The molecule has 0 saturated heterocycles. The summed E-state index contributed by atoms with van der Waals surface area (Å²) in [7, 11) is -2.27. The molecule has 0 unspecified atom stereocenters. The third kappa shape index (κ3) is 6.29. The fraction of sp³-hybridized carbons (Fsp3) is 1.00. The third-order valence-electron chi connectivity index (χ3n) is 1.77. The van der Waals surface area contributed by atoms with Gasteiger partial charge in [-0.05, 0) is 18.8 Å². The van der Waals surface area contributed by atoms with E-state index >= 15 is 0 Å². The molecule has 0 aromatic rings. The Morgan fingerprint density at radius 2 is 1.62 bits per heavy atom. The van der Waals surface area contributed by atoms with Crippen LogP contribution in [0.1, 0.15) is 40.5 Å². The summed E-state index contributed by atoms with van der Waals surface area (Å²) in [5, 5.41) is 0. The lowest BCUT2D eigenvalue weighted by Gasteiger charge is -2.18. The average Bonchev–Trinajstić information content (AvgIpc) is 2.02. The number of hydrogen-bond donors (Lipinski definition) is 0. The molecule has 2 nitrogen and oxygen atoms in total. The van der Waals surface area contributed by atoms with Crippen molar-refractivity contribution in [3.8, 4) is 0 Å². The predicted octanol–water partition coefficient (Wildman–Crippen LogP) is 3.76. The van der Waals surface area contributed by atoms with E-state index in [2.05, 4.69) is 27.7 Å². The Labute approximate surface area is 82.5 Å². The van der Waals surface area contributed by atoms with E-state index in [9.17, 15) is 4.57 Å². The van der Waals surface area contributed by atoms with Crippen LogP contribution < -0.4 is 0 Å². The topological polar surface area (TPSA) is 26.3 Å². The summed E-state index contributed by atoms with van der Waals surface area (Å²) in [5.41, 5.74) is 0. The summed E-state index contributed by atoms with van der Waals surface area (Å²) in [6.07, 6.45) is 3.39. The van der Waals surface area contributed by atoms with E-state index in [1.807, 2.05) is 0 Å². The zero-order valence-electron chi connectivity index (χ0n) is 9.38. The Balaban J connectivity index is 3.99. The second-order valence-electron chi connectivity index (χ2n) is 3.95. The molecule has 0 aromatic carbocycles. The largest absolute Gasteiger partial charge is 0.328 e. The minimum Gasteiger partial charge on any atom is -0.328 e. The molecule has 80 valence electrons. The first-order valence-corrected chi connectivity index (χ1v) is 7.26. The predicted molar refractivity (Wildman–Crippen MR) is 58.7 cm³/mol. The maximum Gasteiger partial charge on any atom is 0.203 e. The lowest BCUT2D eigenvalue weighted by molar-refractivity contribution is 0.270. The van der Waals surface area contributed by atoms with Gasteiger partial charge < -0.3 is 4.52 Å². The van der Waals surface area contributed by atoms with Crippen LogP contribution in [0.25, 0.3) is 0 Å². The third-order valence-corrected chi connectivity index (χ3v) is 4.65. The van der Waals surface area contributed by atoms with Gasteiger partial charge in [0.1, 0.15) is 0 Å². The number of hydrogen-bond acceptors (Lipinski definition) is 2. The van der Waals surface area contributed by atoms with E-state index in [0.29, 0.717) is 12.5 Å². The summed E-state index contributed by atoms with van der Waals surface area (Å²) < 4.78 is 17.6. The molecule has 0 saturated carbocycles. The van der Waals surface area contributed by atoms with E-state index in [1.165, 1.54) is 0 Å². The fourth-order valence-electron chi connectivity index (χ4n) is 1.21. The summed E-state index contributed by atoms with van der Waals surface area (Å²) in [6.45, 7) is 8.92. The lowest BCUT2D eigenvalue weighted by atomic mass is 10.2. The molecule has 0 aliphatic heterocycles. The highest BCUT2D eigenvalue weighted by molar-refractivity contribution is 7.58. The SMILES string of the molecule is CCCP(=O)(CCC)OCC(C)C. The maximum atomic E-state index is 12.1. The molecule has 3 heteroatoms. The monoisotopic (exact) mass is 206 g/mol. The van der Waals surface area contributed by atoms with Gasteiger partial charge in [0.05, 0.1) is 6.61 Å². The van der Waals surface area contributed by atoms with Gasteiger partial charge in [0.15, 0.2) is 0 Å². The van der Waals surface area contributed by atoms with Gasteiger partial charge in [-0.2, -0.15) is 0 Å². The highest BCUT2D eigenvalue weighted by Crippen LogP contribution is 2.48. The average molecular weight is 206 g/mol. The van der Waals surface area contributed by atoms with Crippen molar-refractivity contribution >= 4 is 7.37 Å². The van der Waals surface area contributed by atoms with Crippen LogP contribution in [0.5, 0.6) is 0 Å². The zero-order valence-corrected chi connectivity index (χ0v) is 10.3. The van der Waals surface area contributed by atoms with Gasteiger partial charge in [0.2, 0.25) is 7.37 Å². The first-order valence-electron chi connectivity index (χ1n) is 5.26. The van der Waals surface area contributed by atoms with Crippen molar-refractivity contribution in [2.24, 2.45) is 5.92 Å². The Hall–Kier alpha value is 0.190. The van der Waals surface area contributed by atoms with Crippen molar-refractivity contribution in [2.45, 2.75) is 40.5 Å². The molecular formula is C10H23O2P. The fourth-order valence-corrected chi connectivity index (χ4v) is 3.62. The van der Waals surface area contributed by atoms with E-state index in [0.717, 1.165) is 25.2 Å². The van der Waals surface area contributed by atoms with Gasteiger partial charge in [-0.15, -0.1) is 0 Å². The molecule has 0 N–H and O–H groups in total. The summed E-state index contributed by atoms with van der Waals surface area (Å²) >= 11 is 0. The molecule has 0 atom stereocenters. The second-order valence-corrected chi connectivity index (χ2v) is 6.73. The van der Waals surface area contributed by atoms with Gasteiger partial charge >= 0.3 is 0 Å². The standard InChI is InChI=1S/C10H23O2P/c1-5-7-13(11,8-6-2)12-9-10(3)4/h10H,5-9H2,1-4H3. The summed E-state index contributed by atoms with van der Waals surface area (Å²) in [5.74, 6) is 0.474. The van der Waals surface area contributed by atoms with Crippen LogP contribution in [0.2, 0.25) is 0 Å². The molecule has 13 heavy (non-hydrogen) atoms. The Bertz CT molecular complexity index is 156. The summed E-state index contributed by atoms with van der Waals surface area (Å²) in [6, 6.07) is 0. The Kier molecular flexibility index (Phi) is 6.71. The van der Waals surface area contributed by atoms with Crippen LogP contribution >= 0.6 is 7.37 Å². The van der Waals surface area contributed by atoms with Gasteiger partial charge in [-0.3, -0.25) is 4.57 Å². The smallest absolute Gasteiger partial charge is 0.203 e. The molecule has 0 spiro atoms. The molecule has 0 fully saturated rings. The van der Waals surface area contributed by atoms with Crippen LogP contribution in [0.3, 0.4) is 0 Å². The quantitative estimate of drug-likeness (QED) is 0.593. The zero-order chi connectivity index (χ0) is 10.3. The van der Waals surface area contributed by atoms with E-state index in [-0.39, 0.29) is 0 Å². The van der Waals surface area contributed by atoms with Gasteiger partial charge in [-0.1, -0.05) is 27.7 Å². The molecule has 0 heterocycles. The van der Waals surface area contributed by atoms with Crippen LogP contribution in [-0.4, -0.2) is 18.9 Å². The van der Waals surface area contributed by atoms with E-state index < -0.39 is 7.37 Å². The van der Waals surface area contributed by atoms with Crippen molar-refractivity contribution in [1.29, 1.82) is 0 Å². The van der Waals surface area contributed by atoms with Crippen molar-refractivity contribution in [1.82, 2.24) is 0 Å². The molecule has 0 aliphatic carbocycles. The van der Waals surface area contributed by atoms with Gasteiger partial charge in [0, 0.05) is 12.3 Å². The van der Waals surface area contributed by atoms with Gasteiger partial charge in [-0.25, -0.2) is 0 Å². The van der Waals surface area contributed by atoms with Crippen molar-refractivity contribution in [3.63, 3.8) is 0 Å². The maximum absolute atomic E-state index is 12.1. The molecule has 0 bridgehead atoms. The first-order chi connectivity index (χ1) is 6.04. The van der Waals surface area contributed by atoms with Crippen LogP contribution in [0, 0.1) is 5.92 Å². The van der Waals surface area contributed by atoms with Crippen molar-refractivity contribution in [3.05, 3.63) is 0 Å². The van der Waals surface area contributed by atoms with Crippen LogP contribution in [-0.2, 0) is 9.09 Å². The second kappa shape index (κ2) is 6.62. The summed E-state index contributed by atoms with van der Waals surface area (Å²) in [4.78, 5) is 0. The normalized spacial score (nSPS) is 12.4. The molecule has 0 amide bonds. The minimum atomic E-state index is -2.27. The molecular weight excluding hydrogens is 183 g/mol. The minimum absolute atomic E-state index is 0.474. The molecule has 0 rings (SSSR count). The van der Waals surface area contributed by atoms with Gasteiger partial charge in [0.25, 0.3) is 0 Å². The lowest BCUT2D eigenvalue weighted by Crippen LogP contribution is -2.05. The van der Waals surface area contributed by atoms with Crippen LogP contribution in [0.15, 0.2) is 0 Å². The first kappa shape index (κ1) is 13.2. The van der Waals surface area contributed by atoms with E-state index in [1.54, 1.807) is 0 Å². The van der Waals surface area contributed by atoms with Crippen LogP contribution in [0.4, 0.5) is 0 Å². The van der Waals surface area contributed by atoms with E-state index in [4.69, 9.17) is 4.52 Å². The Morgan fingerprint density at radius 1 is 1.15 bits per heavy atom. The van der Waals surface area contributed by atoms with Crippen molar-refractivity contribution in [2.75, 3.05) is 18.9 Å². The molecule has 0 aromatic heterocycles.